The molecule has 0 unspecified atom stereocenters. The topological polar surface area (TPSA) is 69.7 Å². The van der Waals surface area contributed by atoms with Crippen molar-refractivity contribution >= 4 is 17.9 Å². The number of carbonyl (C=O) groups excluding carboxylic acids is 3. The van der Waals surface area contributed by atoms with E-state index in [1.807, 2.05) is 0 Å². The number of carbonyl (C=O) groups is 3. The van der Waals surface area contributed by atoms with Crippen molar-refractivity contribution in [1.82, 2.24) is 0 Å². The summed E-state index contributed by atoms with van der Waals surface area (Å²) >= 11 is 0. The van der Waals surface area contributed by atoms with Gasteiger partial charge in [0.25, 0.3) is 0 Å². The van der Waals surface area contributed by atoms with Crippen molar-refractivity contribution in [3.8, 4) is 0 Å². The average Bonchev–Trinajstić information content (AvgIpc) is 2.80. The molecule has 1 aliphatic heterocycles. The van der Waals surface area contributed by atoms with E-state index in [1.54, 1.807) is 0 Å². The van der Waals surface area contributed by atoms with Gasteiger partial charge < -0.3 is 9.47 Å². The summed E-state index contributed by atoms with van der Waals surface area (Å²) in [6.45, 7) is 2.53. The fourth-order valence-electron chi connectivity index (χ4n) is 2.34. The highest BCUT2D eigenvalue weighted by atomic mass is 16.6. The van der Waals surface area contributed by atoms with Crippen molar-refractivity contribution in [1.29, 1.82) is 0 Å². The van der Waals surface area contributed by atoms with E-state index in [0.29, 0.717) is 6.61 Å². The first-order valence-electron chi connectivity index (χ1n) is 7.71. The average molecular weight is 304 g/mol. The van der Waals surface area contributed by atoms with Gasteiger partial charge in [0.2, 0.25) is 0 Å². The summed E-state index contributed by atoms with van der Waals surface area (Å²) in [5, 5.41) is 0. The lowest BCUT2D eigenvalue weighted by molar-refractivity contribution is 0.0442. The summed E-state index contributed by atoms with van der Waals surface area (Å²) in [7, 11) is 0. The lowest BCUT2D eigenvalue weighted by Crippen LogP contribution is -2.08. The van der Waals surface area contributed by atoms with Crippen molar-refractivity contribution in [2.24, 2.45) is 0 Å². The van der Waals surface area contributed by atoms with Crippen LogP contribution in [0.4, 0.5) is 0 Å². The van der Waals surface area contributed by atoms with Crippen molar-refractivity contribution < 1.29 is 23.9 Å². The van der Waals surface area contributed by atoms with E-state index in [4.69, 9.17) is 4.74 Å². The summed E-state index contributed by atoms with van der Waals surface area (Å²) in [6, 6.07) is 4.25. The predicted octanol–water partition coefficient (Wildman–Crippen LogP) is 3.51. The molecule has 1 aromatic carbocycles. The monoisotopic (exact) mass is 304 g/mol. The van der Waals surface area contributed by atoms with Gasteiger partial charge in [-0.1, -0.05) is 39.0 Å². The molecule has 0 fully saturated rings. The molecule has 0 spiro atoms. The van der Waals surface area contributed by atoms with Gasteiger partial charge in [-0.15, -0.1) is 0 Å². The number of ether oxygens (including phenoxy) is 2. The highest BCUT2D eigenvalue weighted by Gasteiger charge is 2.30. The van der Waals surface area contributed by atoms with E-state index in [9.17, 15) is 14.4 Å². The first kappa shape index (κ1) is 16.2. The minimum absolute atomic E-state index is 0.124. The second-order valence-electron chi connectivity index (χ2n) is 5.34. The Bertz CT molecular complexity index is 576. The summed E-state index contributed by atoms with van der Waals surface area (Å²) in [6.07, 6.45) is 6.69. The van der Waals surface area contributed by atoms with E-state index >= 15 is 0 Å². The van der Waals surface area contributed by atoms with Crippen LogP contribution in [0.25, 0.3) is 0 Å². The van der Waals surface area contributed by atoms with Gasteiger partial charge in [0.15, 0.2) is 0 Å². The van der Waals surface area contributed by atoms with Gasteiger partial charge in [-0.25, -0.2) is 14.4 Å². The van der Waals surface area contributed by atoms with Gasteiger partial charge in [-0.05, 0) is 24.6 Å². The zero-order valence-electron chi connectivity index (χ0n) is 12.7. The number of hydrogen-bond donors (Lipinski definition) is 0. The van der Waals surface area contributed by atoms with Crippen LogP contribution in [0.15, 0.2) is 18.2 Å². The zero-order valence-corrected chi connectivity index (χ0v) is 12.7. The maximum Gasteiger partial charge on any atom is 0.346 e. The Hall–Kier alpha value is -2.17. The molecule has 5 heteroatoms. The molecule has 1 aromatic rings. The standard InChI is InChI=1S/C17H20O5/c1-2-3-4-5-6-7-10-21-15(18)12-8-9-13-14(11-12)17(20)22-16(13)19/h8-9,11H,2-7,10H2,1H3. The zero-order chi connectivity index (χ0) is 15.9. The number of rotatable bonds is 8. The minimum Gasteiger partial charge on any atom is -0.462 e. The lowest BCUT2D eigenvalue weighted by Gasteiger charge is -2.05. The van der Waals surface area contributed by atoms with E-state index in [0.717, 1.165) is 19.3 Å². The molecule has 0 saturated carbocycles. The van der Waals surface area contributed by atoms with Crippen LogP contribution in [0.1, 0.15) is 76.5 Å². The Kier molecular flexibility index (Phi) is 5.69. The molecule has 22 heavy (non-hydrogen) atoms. The Morgan fingerprint density at radius 2 is 1.68 bits per heavy atom. The molecule has 0 atom stereocenters. The van der Waals surface area contributed by atoms with Crippen molar-refractivity contribution in [2.45, 2.75) is 45.4 Å². The number of esters is 3. The molecular formula is C17H20O5. The van der Waals surface area contributed by atoms with E-state index in [2.05, 4.69) is 11.7 Å². The van der Waals surface area contributed by atoms with Crippen LogP contribution in [-0.2, 0) is 9.47 Å². The Morgan fingerprint density at radius 1 is 1.00 bits per heavy atom. The molecule has 1 heterocycles. The van der Waals surface area contributed by atoms with Crippen LogP contribution in [-0.4, -0.2) is 24.5 Å². The normalized spacial score (nSPS) is 13.0. The summed E-state index contributed by atoms with van der Waals surface area (Å²) < 4.78 is 9.66. The summed E-state index contributed by atoms with van der Waals surface area (Å²) in [5.74, 6) is -1.87. The molecule has 0 aromatic heterocycles. The molecule has 0 saturated heterocycles. The molecule has 118 valence electrons. The van der Waals surface area contributed by atoms with E-state index in [1.165, 1.54) is 37.5 Å². The van der Waals surface area contributed by atoms with Crippen LogP contribution < -0.4 is 0 Å². The molecule has 0 amide bonds. The van der Waals surface area contributed by atoms with Crippen molar-refractivity contribution in [2.75, 3.05) is 6.61 Å². The number of fused-ring (bicyclic) bond motifs is 1. The van der Waals surface area contributed by atoms with Gasteiger partial charge in [0.1, 0.15) is 0 Å². The second-order valence-corrected chi connectivity index (χ2v) is 5.34. The molecule has 2 rings (SSSR count). The fraction of sp³-hybridized carbons (Fsp3) is 0.471. The van der Waals surface area contributed by atoms with Gasteiger partial charge in [0.05, 0.1) is 23.3 Å². The van der Waals surface area contributed by atoms with E-state index < -0.39 is 17.9 Å². The van der Waals surface area contributed by atoms with Crippen molar-refractivity contribution in [3.63, 3.8) is 0 Å². The van der Waals surface area contributed by atoms with Crippen LogP contribution in [0.5, 0.6) is 0 Å². The SMILES string of the molecule is CCCCCCCCOC(=O)c1ccc2c(c1)C(=O)OC2=O. The number of cyclic esters (lactones) is 2. The second kappa shape index (κ2) is 7.73. The Morgan fingerprint density at radius 3 is 2.45 bits per heavy atom. The quantitative estimate of drug-likeness (QED) is 0.417. The summed E-state index contributed by atoms with van der Waals surface area (Å²) in [4.78, 5) is 34.7. The minimum atomic E-state index is -0.717. The lowest BCUT2D eigenvalue weighted by atomic mass is 10.1. The first-order valence-corrected chi connectivity index (χ1v) is 7.71. The third-order valence-corrected chi connectivity index (χ3v) is 3.61. The van der Waals surface area contributed by atoms with Gasteiger partial charge in [-0.3, -0.25) is 0 Å². The van der Waals surface area contributed by atoms with Gasteiger partial charge in [0, 0.05) is 0 Å². The molecular weight excluding hydrogens is 284 g/mol. The molecule has 0 aliphatic carbocycles. The van der Waals surface area contributed by atoms with Crippen molar-refractivity contribution in [3.05, 3.63) is 34.9 Å². The fourth-order valence-corrected chi connectivity index (χ4v) is 2.34. The van der Waals surface area contributed by atoms with Gasteiger partial charge in [-0.2, -0.15) is 0 Å². The van der Waals surface area contributed by atoms with Crippen LogP contribution in [0.2, 0.25) is 0 Å². The van der Waals surface area contributed by atoms with Crippen LogP contribution in [0, 0.1) is 0 Å². The van der Waals surface area contributed by atoms with Crippen LogP contribution >= 0.6 is 0 Å². The first-order chi connectivity index (χ1) is 10.6. The van der Waals surface area contributed by atoms with Crippen LogP contribution in [0.3, 0.4) is 0 Å². The largest absolute Gasteiger partial charge is 0.462 e. The predicted molar refractivity (Wildman–Crippen MR) is 79.8 cm³/mol. The highest BCUT2D eigenvalue weighted by Crippen LogP contribution is 2.21. The third kappa shape index (κ3) is 3.93. The van der Waals surface area contributed by atoms with Gasteiger partial charge >= 0.3 is 17.9 Å². The van der Waals surface area contributed by atoms with E-state index in [-0.39, 0.29) is 16.7 Å². The molecule has 0 radical (unpaired) electrons. The summed E-state index contributed by atoms with van der Waals surface area (Å²) in [5.41, 5.74) is 0.577. The number of unbranched alkanes of at least 4 members (excludes halogenated alkanes) is 5. The Balaban J connectivity index is 1.80. The third-order valence-electron chi connectivity index (χ3n) is 3.61. The molecule has 1 aliphatic rings. The Labute approximate surface area is 129 Å². The number of benzene rings is 1. The molecule has 0 N–H and O–H groups in total. The molecule has 0 bridgehead atoms. The number of hydrogen-bond acceptors (Lipinski definition) is 5. The molecule has 5 nitrogen and oxygen atoms in total. The maximum absolute atomic E-state index is 11.9. The highest BCUT2D eigenvalue weighted by molar-refractivity contribution is 6.15. The smallest absolute Gasteiger partial charge is 0.346 e. The maximum atomic E-state index is 11.9.